The van der Waals surface area contributed by atoms with E-state index in [0.29, 0.717) is 18.7 Å². The Morgan fingerprint density at radius 3 is 2.14 bits per heavy atom. The maximum absolute atomic E-state index is 12.9. The number of anilines is 2. The van der Waals surface area contributed by atoms with Crippen molar-refractivity contribution >= 4 is 51.5 Å². The van der Waals surface area contributed by atoms with Gasteiger partial charge in [-0.3, -0.25) is 9.35 Å². The van der Waals surface area contributed by atoms with Gasteiger partial charge in [-0.25, -0.2) is 5.26 Å². The van der Waals surface area contributed by atoms with Gasteiger partial charge in [0, 0.05) is 62.3 Å². The predicted octanol–water partition coefficient (Wildman–Crippen LogP) is 6.32. The van der Waals surface area contributed by atoms with E-state index < -0.39 is 10.1 Å². The van der Waals surface area contributed by atoms with Crippen molar-refractivity contribution in [2.75, 3.05) is 48.5 Å². The molecular formula is C31H40N2O7S2. The average molecular weight is 617 g/mol. The zero-order valence-corrected chi connectivity index (χ0v) is 25.7. The Morgan fingerprint density at radius 2 is 1.55 bits per heavy atom. The second-order valence-corrected chi connectivity index (χ2v) is 12.6. The van der Waals surface area contributed by atoms with Crippen molar-refractivity contribution in [2.24, 2.45) is 5.92 Å². The van der Waals surface area contributed by atoms with Gasteiger partial charge in [-0.05, 0) is 73.1 Å². The van der Waals surface area contributed by atoms with E-state index in [9.17, 15) is 13.2 Å². The van der Waals surface area contributed by atoms with Crippen LogP contribution in [-0.2, 0) is 24.3 Å². The van der Waals surface area contributed by atoms with E-state index >= 15 is 0 Å². The van der Waals surface area contributed by atoms with E-state index in [-0.39, 0.29) is 17.5 Å². The Kier molecular flexibility index (Phi) is 13.8. The number of nitrogens with zero attached hydrogens (tertiary/aromatic N) is 2. The maximum Gasteiger partial charge on any atom is 0.264 e. The molecule has 228 valence electrons. The number of benzene rings is 2. The molecule has 0 heterocycles. The molecule has 1 unspecified atom stereocenters. The van der Waals surface area contributed by atoms with E-state index in [0.717, 1.165) is 72.3 Å². The third-order valence-electron chi connectivity index (χ3n) is 7.13. The third-order valence-corrected chi connectivity index (χ3v) is 8.55. The van der Waals surface area contributed by atoms with Gasteiger partial charge in [-0.15, -0.1) is 4.33 Å². The van der Waals surface area contributed by atoms with E-state index in [2.05, 4.69) is 50.7 Å². The molecule has 3 rings (SSSR count). The van der Waals surface area contributed by atoms with Crippen LogP contribution in [0.1, 0.15) is 43.2 Å². The molecule has 0 saturated heterocycles. The molecule has 0 radical (unpaired) electrons. The van der Waals surface area contributed by atoms with Crippen molar-refractivity contribution in [1.82, 2.24) is 0 Å². The molecule has 1 atom stereocenters. The van der Waals surface area contributed by atoms with Crippen molar-refractivity contribution in [2.45, 2.75) is 32.1 Å². The average Bonchev–Trinajstić information content (AvgIpc) is 3.31. The lowest BCUT2D eigenvalue weighted by Crippen LogP contribution is -2.20. The fraction of sp³-hybridized carbons (Fsp3) is 0.387. The SMILES string of the molecule is CN(CCCSOOO)c1ccc(C=CCC2CCC(=CC=Cc3ccc(N(C)CCCS(=O)(=O)O)cc3)C2=O)cc1. The molecule has 42 heavy (non-hydrogen) atoms. The Labute approximate surface area is 253 Å². The molecule has 2 aromatic rings. The molecule has 0 spiro atoms. The summed E-state index contributed by atoms with van der Waals surface area (Å²) in [5, 5.41) is 11.7. The minimum absolute atomic E-state index is 0.0139. The summed E-state index contributed by atoms with van der Waals surface area (Å²) >= 11 is 1.06. The number of hydrogen-bond donors (Lipinski definition) is 2. The highest BCUT2D eigenvalue weighted by atomic mass is 32.2. The zero-order valence-electron chi connectivity index (χ0n) is 24.1. The number of hydrogen-bond acceptors (Lipinski definition) is 9. The highest BCUT2D eigenvalue weighted by molar-refractivity contribution is 7.94. The van der Waals surface area contributed by atoms with Crippen molar-refractivity contribution in [3.63, 3.8) is 0 Å². The maximum atomic E-state index is 12.9. The molecule has 1 aliphatic carbocycles. The smallest absolute Gasteiger partial charge is 0.264 e. The fourth-order valence-corrected chi connectivity index (χ4v) is 5.57. The van der Waals surface area contributed by atoms with Gasteiger partial charge in [0.05, 0.1) is 5.75 Å². The molecule has 0 bridgehead atoms. The summed E-state index contributed by atoms with van der Waals surface area (Å²) in [5.41, 5.74) is 5.03. The van der Waals surface area contributed by atoms with E-state index in [1.807, 2.05) is 61.5 Å². The minimum atomic E-state index is -3.94. The normalized spacial score (nSPS) is 16.7. The van der Waals surface area contributed by atoms with Crippen LogP contribution in [0.3, 0.4) is 0 Å². The summed E-state index contributed by atoms with van der Waals surface area (Å²) < 4.78 is 35.0. The molecule has 11 heteroatoms. The largest absolute Gasteiger partial charge is 0.375 e. The zero-order chi connectivity index (χ0) is 30.4. The first-order valence-electron chi connectivity index (χ1n) is 13.9. The molecule has 2 N–H and O–H groups in total. The van der Waals surface area contributed by atoms with Crippen molar-refractivity contribution in [1.29, 1.82) is 0 Å². The number of Topliss-reactive ketones (excluding diaryl/α,β-unsaturated/α-hetero) is 1. The molecular weight excluding hydrogens is 576 g/mol. The highest BCUT2D eigenvalue weighted by Gasteiger charge is 2.27. The van der Waals surface area contributed by atoms with Crippen LogP contribution >= 0.6 is 12.0 Å². The van der Waals surface area contributed by atoms with Crippen LogP contribution < -0.4 is 9.80 Å². The summed E-state index contributed by atoms with van der Waals surface area (Å²) in [7, 11) is -0.0284. The number of carbonyl (C=O) groups excluding carboxylic acids is 1. The van der Waals surface area contributed by atoms with E-state index in [1.165, 1.54) is 0 Å². The highest BCUT2D eigenvalue weighted by Crippen LogP contribution is 2.30. The molecule has 0 amide bonds. The molecule has 1 fully saturated rings. The Hall–Kier alpha value is -2.93. The number of ketones is 1. The standard InChI is InChI=1S/C31H40N2O7S2/c1-32(21-5-23-41-40-39-35)29-17-11-25(12-18-29)7-3-9-27-15-16-28(31(27)34)10-4-8-26-13-19-30(20-14-26)33(2)22-6-24-42(36,37)38/h3-4,7-8,10-14,17-20,27,35H,5-6,9,15-16,21-24H2,1-2H3,(H,36,37,38). The summed E-state index contributed by atoms with van der Waals surface area (Å²) in [4.78, 5) is 17.0. The van der Waals surface area contributed by atoms with Crippen LogP contribution in [-0.4, -0.2) is 62.7 Å². The van der Waals surface area contributed by atoms with Crippen LogP contribution in [0.2, 0.25) is 0 Å². The topological polar surface area (TPSA) is 117 Å². The van der Waals surface area contributed by atoms with Crippen LogP contribution in [0.4, 0.5) is 11.4 Å². The Bertz CT molecular complexity index is 1320. The summed E-state index contributed by atoms with van der Waals surface area (Å²) in [5.74, 6) is 0.687. The minimum Gasteiger partial charge on any atom is -0.375 e. The molecule has 0 aliphatic heterocycles. The number of allylic oxidation sites excluding steroid dienone is 4. The van der Waals surface area contributed by atoms with Gasteiger partial charge in [-0.2, -0.15) is 8.42 Å². The Morgan fingerprint density at radius 1 is 0.952 bits per heavy atom. The lowest BCUT2D eigenvalue weighted by Gasteiger charge is -2.19. The van der Waals surface area contributed by atoms with Gasteiger partial charge < -0.3 is 9.80 Å². The number of carbonyl (C=O) groups is 1. The first-order chi connectivity index (χ1) is 20.2. The second kappa shape index (κ2) is 17.3. The molecule has 0 aromatic heterocycles. The van der Waals surface area contributed by atoms with Crippen molar-refractivity contribution in [3.05, 3.63) is 83.5 Å². The van der Waals surface area contributed by atoms with Crippen LogP contribution in [0.5, 0.6) is 0 Å². The monoisotopic (exact) mass is 616 g/mol. The predicted molar refractivity (Wildman–Crippen MR) is 171 cm³/mol. The lowest BCUT2D eigenvalue weighted by molar-refractivity contribution is -0.432. The van der Waals surface area contributed by atoms with E-state index in [4.69, 9.17) is 9.81 Å². The summed E-state index contributed by atoms with van der Waals surface area (Å²) in [6.07, 6.45) is 13.6. The van der Waals surface area contributed by atoms with Crippen molar-refractivity contribution < 1.29 is 32.4 Å². The van der Waals surface area contributed by atoms with Gasteiger partial charge in [0.2, 0.25) is 0 Å². The molecule has 1 aliphatic rings. The van der Waals surface area contributed by atoms with Gasteiger partial charge in [0.25, 0.3) is 10.1 Å². The van der Waals surface area contributed by atoms with Gasteiger partial charge >= 0.3 is 0 Å². The van der Waals surface area contributed by atoms with Gasteiger partial charge in [-0.1, -0.05) is 59.7 Å². The van der Waals surface area contributed by atoms with E-state index in [1.54, 1.807) is 0 Å². The quantitative estimate of drug-likeness (QED) is 0.0522. The third kappa shape index (κ3) is 11.7. The first-order valence-corrected chi connectivity index (χ1v) is 16.4. The van der Waals surface area contributed by atoms with Gasteiger partial charge in [0.15, 0.2) is 5.78 Å². The lowest BCUT2D eigenvalue weighted by atomic mass is 10.0. The molecule has 9 nitrogen and oxygen atoms in total. The summed E-state index contributed by atoms with van der Waals surface area (Å²) in [6.45, 7) is 1.37. The van der Waals surface area contributed by atoms with Crippen LogP contribution in [0.15, 0.2) is 72.3 Å². The second-order valence-electron chi connectivity index (χ2n) is 10.3. The number of rotatable bonds is 17. The Balaban J connectivity index is 1.42. The van der Waals surface area contributed by atoms with Crippen molar-refractivity contribution in [3.8, 4) is 0 Å². The molecule has 2 aromatic carbocycles. The first kappa shape index (κ1) is 33.6. The van der Waals surface area contributed by atoms with Gasteiger partial charge in [0.1, 0.15) is 0 Å². The van der Waals surface area contributed by atoms with Crippen LogP contribution in [0.25, 0.3) is 12.2 Å². The molecule has 1 saturated carbocycles. The van der Waals surface area contributed by atoms with Crippen LogP contribution in [0, 0.1) is 5.92 Å². The summed E-state index contributed by atoms with van der Waals surface area (Å²) in [6, 6.07) is 16.2. The fourth-order valence-electron chi connectivity index (χ4n) is 4.72.